The van der Waals surface area contributed by atoms with E-state index in [2.05, 4.69) is 11.6 Å². The standard InChI is InChI=1S/C10H19NO3S/c1-15-7-5-3-2-4-6-11-9(12)8-10(13)14/h2-8H2,1H3,(H,11,12)(H,13,14). The van der Waals surface area contributed by atoms with Crippen molar-refractivity contribution in [3.8, 4) is 0 Å². The van der Waals surface area contributed by atoms with Gasteiger partial charge in [-0.05, 0) is 24.9 Å². The Morgan fingerprint density at radius 3 is 2.47 bits per heavy atom. The fourth-order valence-electron chi connectivity index (χ4n) is 1.15. The Balaban J connectivity index is 3.16. The highest BCUT2D eigenvalue weighted by atomic mass is 32.2. The molecule has 15 heavy (non-hydrogen) atoms. The zero-order chi connectivity index (χ0) is 11.5. The number of amides is 1. The molecule has 4 nitrogen and oxygen atoms in total. The SMILES string of the molecule is CSCCCCCCNC(=O)CC(=O)O. The molecule has 0 saturated carbocycles. The number of aliphatic carboxylic acids is 1. The van der Waals surface area contributed by atoms with E-state index in [1.165, 1.54) is 18.6 Å². The van der Waals surface area contributed by atoms with Crippen molar-refractivity contribution in [2.75, 3.05) is 18.6 Å². The Kier molecular flexibility index (Phi) is 9.36. The number of carbonyl (C=O) groups is 2. The van der Waals surface area contributed by atoms with Crippen molar-refractivity contribution in [3.05, 3.63) is 0 Å². The Labute approximate surface area is 94.8 Å². The average Bonchev–Trinajstić information content (AvgIpc) is 2.15. The van der Waals surface area contributed by atoms with E-state index in [1.807, 2.05) is 11.8 Å². The van der Waals surface area contributed by atoms with Crippen LogP contribution in [0.5, 0.6) is 0 Å². The van der Waals surface area contributed by atoms with Crippen molar-refractivity contribution in [1.29, 1.82) is 0 Å². The number of hydrogen-bond acceptors (Lipinski definition) is 3. The van der Waals surface area contributed by atoms with Crippen LogP contribution in [0.4, 0.5) is 0 Å². The molecule has 5 heteroatoms. The summed E-state index contributed by atoms with van der Waals surface area (Å²) in [7, 11) is 0. The molecule has 0 atom stereocenters. The molecule has 0 aliphatic rings. The van der Waals surface area contributed by atoms with Gasteiger partial charge in [0, 0.05) is 6.54 Å². The average molecular weight is 233 g/mol. The zero-order valence-corrected chi connectivity index (χ0v) is 9.94. The number of carboxylic acids is 1. The molecule has 0 aromatic heterocycles. The lowest BCUT2D eigenvalue weighted by molar-refractivity contribution is -0.140. The highest BCUT2D eigenvalue weighted by Crippen LogP contribution is 2.03. The van der Waals surface area contributed by atoms with Gasteiger partial charge in [-0.25, -0.2) is 0 Å². The van der Waals surface area contributed by atoms with Crippen LogP contribution in [-0.4, -0.2) is 35.5 Å². The van der Waals surface area contributed by atoms with Gasteiger partial charge < -0.3 is 10.4 Å². The van der Waals surface area contributed by atoms with E-state index in [0.29, 0.717) is 6.54 Å². The fourth-order valence-corrected chi connectivity index (χ4v) is 1.65. The van der Waals surface area contributed by atoms with Crippen LogP contribution < -0.4 is 5.32 Å². The van der Waals surface area contributed by atoms with Crippen LogP contribution in [0.15, 0.2) is 0 Å². The van der Waals surface area contributed by atoms with Crippen LogP contribution in [0.3, 0.4) is 0 Å². The van der Waals surface area contributed by atoms with Crippen molar-refractivity contribution in [2.45, 2.75) is 32.1 Å². The molecule has 1 amide bonds. The Morgan fingerprint density at radius 1 is 1.20 bits per heavy atom. The predicted molar refractivity (Wildman–Crippen MR) is 62.1 cm³/mol. The highest BCUT2D eigenvalue weighted by molar-refractivity contribution is 7.98. The maximum absolute atomic E-state index is 10.9. The molecule has 0 aromatic carbocycles. The Hall–Kier alpha value is -0.710. The molecule has 0 saturated heterocycles. The highest BCUT2D eigenvalue weighted by Gasteiger charge is 2.05. The third kappa shape index (κ3) is 11.2. The lowest BCUT2D eigenvalue weighted by atomic mass is 10.2. The summed E-state index contributed by atoms with van der Waals surface area (Å²) in [6.45, 7) is 0.589. The first kappa shape index (κ1) is 14.3. The smallest absolute Gasteiger partial charge is 0.312 e. The largest absolute Gasteiger partial charge is 0.481 e. The van der Waals surface area contributed by atoms with Crippen molar-refractivity contribution >= 4 is 23.6 Å². The number of nitrogens with one attached hydrogen (secondary N) is 1. The zero-order valence-electron chi connectivity index (χ0n) is 9.12. The van der Waals surface area contributed by atoms with Gasteiger partial charge in [0.25, 0.3) is 0 Å². The fraction of sp³-hybridized carbons (Fsp3) is 0.800. The van der Waals surface area contributed by atoms with E-state index in [-0.39, 0.29) is 0 Å². The first-order valence-corrected chi connectivity index (χ1v) is 6.53. The van der Waals surface area contributed by atoms with E-state index in [1.54, 1.807) is 0 Å². The molecular weight excluding hydrogens is 214 g/mol. The van der Waals surface area contributed by atoms with Gasteiger partial charge in [-0.2, -0.15) is 11.8 Å². The minimum absolute atomic E-state index is 0.397. The summed E-state index contributed by atoms with van der Waals surface area (Å²) in [5, 5.41) is 10.9. The molecule has 0 fully saturated rings. The topological polar surface area (TPSA) is 66.4 Å². The van der Waals surface area contributed by atoms with Crippen LogP contribution in [0, 0.1) is 0 Å². The van der Waals surface area contributed by atoms with Crippen LogP contribution >= 0.6 is 11.8 Å². The lowest BCUT2D eigenvalue weighted by Crippen LogP contribution is -2.26. The van der Waals surface area contributed by atoms with E-state index in [0.717, 1.165) is 12.8 Å². The van der Waals surface area contributed by atoms with Crippen LogP contribution in [0.2, 0.25) is 0 Å². The summed E-state index contributed by atoms with van der Waals surface area (Å²) in [6, 6.07) is 0. The normalized spacial score (nSPS) is 9.93. The maximum atomic E-state index is 10.9. The van der Waals surface area contributed by atoms with E-state index < -0.39 is 18.3 Å². The van der Waals surface area contributed by atoms with Gasteiger partial charge in [-0.1, -0.05) is 12.8 Å². The third-order valence-electron chi connectivity index (χ3n) is 1.91. The molecule has 0 spiro atoms. The summed E-state index contributed by atoms with van der Waals surface area (Å²) < 4.78 is 0. The summed E-state index contributed by atoms with van der Waals surface area (Å²) >= 11 is 1.84. The molecule has 0 aromatic rings. The van der Waals surface area contributed by atoms with Gasteiger partial charge in [0.15, 0.2) is 0 Å². The number of rotatable bonds is 9. The minimum Gasteiger partial charge on any atom is -0.481 e. The van der Waals surface area contributed by atoms with Gasteiger partial charge in [-0.15, -0.1) is 0 Å². The van der Waals surface area contributed by atoms with Crippen molar-refractivity contribution in [1.82, 2.24) is 5.32 Å². The van der Waals surface area contributed by atoms with Gasteiger partial charge in [0.2, 0.25) is 5.91 Å². The summed E-state index contributed by atoms with van der Waals surface area (Å²) in [4.78, 5) is 21.0. The van der Waals surface area contributed by atoms with Gasteiger partial charge >= 0.3 is 5.97 Å². The molecule has 88 valence electrons. The van der Waals surface area contributed by atoms with Gasteiger partial charge in [0.05, 0.1) is 0 Å². The number of carbonyl (C=O) groups excluding carboxylic acids is 1. The summed E-state index contributed by atoms with van der Waals surface area (Å²) in [5.41, 5.74) is 0. The lowest BCUT2D eigenvalue weighted by Gasteiger charge is -2.03. The van der Waals surface area contributed by atoms with E-state index in [9.17, 15) is 9.59 Å². The van der Waals surface area contributed by atoms with Crippen LogP contribution in [-0.2, 0) is 9.59 Å². The third-order valence-corrected chi connectivity index (χ3v) is 2.61. The maximum Gasteiger partial charge on any atom is 0.312 e. The Morgan fingerprint density at radius 2 is 1.87 bits per heavy atom. The first-order valence-electron chi connectivity index (χ1n) is 5.14. The molecule has 0 aliphatic heterocycles. The Bertz CT molecular complexity index is 197. The molecule has 0 heterocycles. The predicted octanol–water partition coefficient (Wildman–Crippen LogP) is 1.50. The molecule has 0 unspecified atom stereocenters. The minimum atomic E-state index is -1.08. The molecule has 0 aliphatic carbocycles. The molecule has 2 N–H and O–H groups in total. The van der Waals surface area contributed by atoms with Crippen molar-refractivity contribution in [3.63, 3.8) is 0 Å². The summed E-state index contributed by atoms with van der Waals surface area (Å²) in [6.07, 6.45) is 6.08. The quantitative estimate of drug-likeness (QED) is 0.468. The molecule has 0 bridgehead atoms. The number of unbranched alkanes of at least 4 members (excludes halogenated alkanes) is 3. The van der Waals surface area contributed by atoms with Crippen LogP contribution in [0.25, 0.3) is 0 Å². The number of carboxylic acid groups (broad SMARTS) is 1. The summed E-state index contributed by atoms with van der Waals surface area (Å²) in [5.74, 6) is -0.287. The van der Waals surface area contributed by atoms with Gasteiger partial charge in [0.1, 0.15) is 6.42 Å². The van der Waals surface area contributed by atoms with Gasteiger partial charge in [-0.3, -0.25) is 9.59 Å². The number of hydrogen-bond donors (Lipinski definition) is 2. The monoisotopic (exact) mass is 233 g/mol. The van der Waals surface area contributed by atoms with Crippen molar-refractivity contribution < 1.29 is 14.7 Å². The molecular formula is C10H19NO3S. The first-order chi connectivity index (χ1) is 7.16. The van der Waals surface area contributed by atoms with E-state index >= 15 is 0 Å². The number of thioether (sulfide) groups is 1. The molecule has 0 radical (unpaired) electrons. The van der Waals surface area contributed by atoms with Crippen molar-refractivity contribution in [2.24, 2.45) is 0 Å². The molecule has 0 rings (SSSR count). The second-order valence-electron chi connectivity index (χ2n) is 3.33. The van der Waals surface area contributed by atoms with E-state index in [4.69, 9.17) is 5.11 Å². The second-order valence-corrected chi connectivity index (χ2v) is 4.31. The second kappa shape index (κ2) is 9.83. The van der Waals surface area contributed by atoms with Crippen LogP contribution in [0.1, 0.15) is 32.1 Å².